The number of piperidine rings is 1. The Morgan fingerprint density at radius 1 is 1.00 bits per heavy atom. The second kappa shape index (κ2) is 12.1. The standard InChI is InChI=1S/C29H38Cl2N6O2/c1-7-24-12-26(13-25(8-2)37(24)28(38)39-29(3,4)5)36(17-19-9-22(30)11-23(31)10-19)27-32-14-20(15-33-27)21-16-34-35(6)18-21/h9-11,14-16,18,24-26H,7-8,12-13,17H2,1-6H3/t24-,25+,26?. The number of hydrogen-bond acceptors (Lipinski definition) is 6. The Morgan fingerprint density at radius 2 is 1.59 bits per heavy atom. The summed E-state index contributed by atoms with van der Waals surface area (Å²) in [5.74, 6) is 0.624. The molecule has 1 aliphatic heterocycles. The molecule has 0 bridgehead atoms. The van der Waals surface area contributed by atoms with Crippen LogP contribution in [0, 0.1) is 0 Å². The fraction of sp³-hybridized carbons (Fsp3) is 0.517. The van der Waals surface area contributed by atoms with E-state index in [4.69, 9.17) is 37.9 Å². The van der Waals surface area contributed by atoms with E-state index in [0.717, 1.165) is 42.4 Å². The Kier molecular flexibility index (Phi) is 9.07. The number of ether oxygens (including phenoxy) is 1. The minimum absolute atomic E-state index is 0.0312. The summed E-state index contributed by atoms with van der Waals surface area (Å²) in [5, 5.41) is 5.43. The number of anilines is 1. The number of nitrogens with zero attached hydrogens (tertiary/aromatic N) is 6. The average Bonchev–Trinajstić information content (AvgIpc) is 3.31. The molecule has 8 nitrogen and oxygen atoms in total. The first-order chi connectivity index (χ1) is 18.5. The number of aryl methyl sites for hydroxylation is 1. The summed E-state index contributed by atoms with van der Waals surface area (Å²) in [6, 6.07) is 5.74. The van der Waals surface area contributed by atoms with Gasteiger partial charge in [-0.15, -0.1) is 0 Å². The van der Waals surface area contributed by atoms with E-state index < -0.39 is 5.60 Å². The normalized spacial score (nSPS) is 19.7. The quantitative estimate of drug-likeness (QED) is 0.299. The smallest absolute Gasteiger partial charge is 0.410 e. The van der Waals surface area contributed by atoms with Crippen LogP contribution in [0.25, 0.3) is 11.1 Å². The maximum absolute atomic E-state index is 13.3. The van der Waals surface area contributed by atoms with Crippen LogP contribution in [-0.2, 0) is 18.3 Å². The van der Waals surface area contributed by atoms with E-state index in [1.54, 1.807) is 16.9 Å². The molecule has 1 fully saturated rings. The summed E-state index contributed by atoms with van der Waals surface area (Å²) in [5.41, 5.74) is 2.28. The molecule has 1 unspecified atom stereocenters. The molecule has 0 saturated carbocycles. The minimum Gasteiger partial charge on any atom is -0.444 e. The van der Waals surface area contributed by atoms with Crippen LogP contribution in [0.4, 0.5) is 10.7 Å². The largest absolute Gasteiger partial charge is 0.444 e. The van der Waals surface area contributed by atoms with Crippen LogP contribution in [0.1, 0.15) is 65.9 Å². The zero-order valence-electron chi connectivity index (χ0n) is 23.6. The number of amides is 1. The lowest BCUT2D eigenvalue weighted by Gasteiger charge is -2.48. The highest BCUT2D eigenvalue weighted by molar-refractivity contribution is 6.34. The lowest BCUT2D eigenvalue weighted by atomic mass is 9.87. The molecule has 4 rings (SSSR count). The topological polar surface area (TPSA) is 76.4 Å². The fourth-order valence-corrected chi connectivity index (χ4v) is 5.87. The highest BCUT2D eigenvalue weighted by Gasteiger charge is 2.41. The molecule has 1 amide bonds. The van der Waals surface area contributed by atoms with Gasteiger partial charge in [-0.2, -0.15) is 5.10 Å². The van der Waals surface area contributed by atoms with E-state index in [-0.39, 0.29) is 24.2 Å². The maximum Gasteiger partial charge on any atom is 0.410 e. The van der Waals surface area contributed by atoms with E-state index >= 15 is 0 Å². The van der Waals surface area contributed by atoms with E-state index in [2.05, 4.69) is 23.8 Å². The fourth-order valence-electron chi connectivity index (χ4n) is 5.29. The highest BCUT2D eigenvalue weighted by atomic mass is 35.5. The van der Waals surface area contributed by atoms with Crippen molar-refractivity contribution in [2.75, 3.05) is 4.90 Å². The molecule has 1 saturated heterocycles. The van der Waals surface area contributed by atoms with Gasteiger partial charge in [0.05, 0.1) is 6.20 Å². The summed E-state index contributed by atoms with van der Waals surface area (Å²) < 4.78 is 7.57. The molecule has 210 valence electrons. The van der Waals surface area contributed by atoms with Gasteiger partial charge in [0.1, 0.15) is 5.60 Å². The van der Waals surface area contributed by atoms with Crippen LogP contribution in [0.2, 0.25) is 10.0 Å². The van der Waals surface area contributed by atoms with E-state index in [0.29, 0.717) is 22.5 Å². The minimum atomic E-state index is -0.549. The molecule has 0 aliphatic carbocycles. The molecule has 39 heavy (non-hydrogen) atoms. The van der Waals surface area contributed by atoms with Crippen molar-refractivity contribution in [3.05, 3.63) is 58.6 Å². The van der Waals surface area contributed by atoms with E-state index in [1.807, 2.05) is 63.4 Å². The van der Waals surface area contributed by atoms with Crippen molar-refractivity contribution in [1.29, 1.82) is 0 Å². The zero-order valence-corrected chi connectivity index (χ0v) is 25.1. The van der Waals surface area contributed by atoms with Crippen LogP contribution in [0.3, 0.4) is 0 Å². The number of carbonyl (C=O) groups is 1. The van der Waals surface area contributed by atoms with Gasteiger partial charge in [-0.3, -0.25) is 4.68 Å². The van der Waals surface area contributed by atoms with Gasteiger partial charge in [-0.25, -0.2) is 14.8 Å². The third-order valence-corrected chi connectivity index (χ3v) is 7.51. The Labute approximate surface area is 241 Å². The summed E-state index contributed by atoms with van der Waals surface area (Å²) in [4.78, 5) is 27.0. The Balaban J connectivity index is 1.67. The number of carbonyl (C=O) groups excluding carboxylic acids is 1. The second-order valence-electron chi connectivity index (χ2n) is 11.2. The highest BCUT2D eigenvalue weighted by Crippen LogP contribution is 2.34. The van der Waals surface area contributed by atoms with Gasteiger partial charge in [-0.05, 0) is 70.2 Å². The van der Waals surface area contributed by atoms with E-state index in [1.165, 1.54) is 0 Å². The van der Waals surface area contributed by atoms with Gasteiger partial charge >= 0.3 is 6.09 Å². The average molecular weight is 574 g/mol. The van der Waals surface area contributed by atoms with Crippen molar-refractivity contribution in [2.45, 2.75) is 90.6 Å². The summed E-state index contributed by atoms with van der Waals surface area (Å²) >= 11 is 12.7. The summed E-state index contributed by atoms with van der Waals surface area (Å²) in [6.45, 7) is 10.5. The number of likely N-dealkylation sites (tertiary alicyclic amines) is 1. The molecule has 10 heteroatoms. The lowest BCUT2D eigenvalue weighted by molar-refractivity contribution is -0.00966. The Hall–Kier alpha value is -2.84. The third kappa shape index (κ3) is 7.22. The van der Waals surface area contributed by atoms with Crippen molar-refractivity contribution in [3.8, 4) is 11.1 Å². The molecule has 3 aromatic rings. The molecule has 2 aromatic heterocycles. The molecule has 0 N–H and O–H groups in total. The SMILES string of the molecule is CC[C@@H]1CC(N(Cc2cc(Cl)cc(Cl)c2)c2ncc(-c3cnn(C)c3)cn2)C[C@H](CC)N1C(=O)OC(C)(C)C. The van der Waals surface area contributed by atoms with Crippen molar-refractivity contribution in [2.24, 2.45) is 7.05 Å². The van der Waals surface area contributed by atoms with Crippen molar-refractivity contribution < 1.29 is 9.53 Å². The van der Waals surface area contributed by atoms with Gasteiger partial charge in [0.2, 0.25) is 5.95 Å². The first-order valence-corrected chi connectivity index (χ1v) is 14.3. The molecule has 1 aromatic carbocycles. The molecule has 1 aliphatic rings. The molecule has 0 radical (unpaired) electrons. The number of aromatic nitrogens is 4. The van der Waals surface area contributed by atoms with Crippen LogP contribution < -0.4 is 4.90 Å². The first kappa shape index (κ1) is 29.2. The Morgan fingerprint density at radius 3 is 2.08 bits per heavy atom. The Bertz CT molecular complexity index is 1240. The predicted octanol–water partition coefficient (Wildman–Crippen LogP) is 7.15. The molecule has 0 spiro atoms. The van der Waals surface area contributed by atoms with Gasteiger partial charge < -0.3 is 14.5 Å². The van der Waals surface area contributed by atoms with E-state index in [9.17, 15) is 4.79 Å². The monoisotopic (exact) mass is 572 g/mol. The summed E-state index contributed by atoms with van der Waals surface area (Å²) in [7, 11) is 1.88. The predicted molar refractivity (Wildman–Crippen MR) is 156 cm³/mol. The zero-order chi connectivity index (χ0) is 28.3. The molecule has 3 atom stereocenters. The van der Waals surface area contributed by atoms with Crippen LogP contribution in [0.5, 0.6) is 0 Å². The molecular weight excluding hydrogens is 535 g/mol. The van der Waals surface area contributed by atoms with Gasteiger partial charge in [-0.1, -0.05) is 37.0 Å². The van der Waals surface area contributed by atoms with Crippen LogP contribution in [0.15, 0.2) is 43.0 Å². The first-order valence-electron chi connectivity index (χ1n) is 13.5. The van der Waals surface area contributed by atoms with Gasteiger partial charge in [0.15, 0.2) is 0 Å². The number of hydrogen-bond donors (Lipinski definition) is 0. The maximum atomic E-state index is 13.3. The number of benzene rings is 1. The third-order valence-electron chi connectivity index (χ3n) is 7.07. The van der Waals surface area contributed by atoms with Gasteiger partial charge in [0.25, 0.3) is 0 Å². The summed E-state index contributed by atoms with van der Waals surface area (Å²) in [6.07, 6.45) is 10.4. The van der Waals surface area contributed by atoms with Crippen LogP contribution >= 0.6 is 23.2 Å². The van der Waals surface area contributed by atoms with Crippen LogP contribution in [-0.4, -0.2) is 54.5 Å². The number of rotatable bonds is 7. The van der Waals surface area contributed by atoms with Crippen molar-refractivity contribution in [1.82, 2.24) is 24.6 Å². The molecule has 3 heterocycles. The van der Waals surface area contributed by atoms with Crippen molar-refractivity contribution >= 4 is 35.2 Å². The number of halogens is 2. The molecular formula is C29H38Cl2N6O2. The van der Waals surface area contributed by atoms with Crippen molar-refractivity contribution in [3.63, 3.8) is 0 Å². The second-order valence-corrected chi connectivity index (χ2v) is 12.1. The van der Waals surface area contributed by atoms with Gasteiger partial charge in [0, 0.05) is 71.5 Å². The lowest BCUT2D eigenvalue weighted by Crippen LogP contribution is -2.57.